The Kier molecular flexibility index (Phi) is 4.78. The summed E-state index contributed by atoms with van der Waals surface area (Å²) in [7, 11) is 0. The Morgan fingerprint density at radius 1 is 0.926 bits per heavy atom. The minimum Gasteiger partial charge on any atom is -0.455 e. The molecule has 3 aromatic carbocycles. The van der Waals surface area contributed by atoms with Gasteiger partial charge in [0.05, 0.1) is 12.2 Å². The van der Waals surface area contributed by atoms with Gasteiger partial charge in [0.1, 0.15) is 5.75 Å². The molecule has 3 aromatic rings. The molecule has 6 heteroatoms. The van der Waals surface area contributed by atoms with Crippen molar-refractivity contribution in [3.05, 3.63) is 72.8 Å². The van der Waals surface area contributed by atoms with Gasteiger partial charge in [0.15, 0.2) is 17.2 Å². The van der Waals surface area contributed by atoms with Crippen LogP contribution in [0.4, 0.5) is 11.4 Å². The molecule has 0 bridgehead atoms. The second kappa shape index (κ2) is 7.70. The topological polar surface area (TPSA) is 68.8 Å². The minimum atomic E-state index is -0.177. The predicted molar refractivity (Wildman–Crippen MR) is 103 cm³/mol. The summed E-state index contributed by atoms with van der Waals surface area (Å²) in [5.74, 6) is 2.51. The van der Waals surface area contributed by atoms with E-state index in [0.717, 1.165) is 11.4 Å². The van der Waals surface area contributed by atoms with Crippen molar-refractivity contribution in [1.29, 1.82) is 0 Å². The first kappa shape index (κ1) is 16.8. The van der Waals surface area contributed by atoms with Gasteiger partial charge in [-0.15, -0.1) is 0 Å². The largest absolute Gasteiger partial charge is 0.455 e. The lowest BCUT2D eigenvalue weighted by atomic mass is 10.2. The Morgan fingerprint density at radius 2 is 1.70 bits per heavy atom. The SMILES string of the molecule is O=C(CNc1ccccc1Oc1ccccc1)Nc1ccc2c(c1)OCO2. The first-order valence-electron chi connectivity index (χ1n) is 8.53. The molecule has 0 fully saturated rings. The average Bonchev–Trinajstić information content (AvgIpc) is 3.16. The summed E-state index contributed by atoms with van der Waals surface area (Å²) in [6.45, 7) is 0.302. The molecule has 0 unspecified atom stereocenters. The van der Waals surface area contributed by atoms with E-state index >= 15 is 0 Å². The fourth-order valence-corrected chi connectivity index (χ4v) is 2.67. The molecule has 2 N–H and O–H groups in total. The van der Waals surface area contributed by atoms with Crippen LogP contribution in [0.25, 0.3) is 0 Å². The number of fused-ring (bicyclic) bond motifs is 1. The molecular weight excluding hydrogens is 344 g/mol. The van der Waals surface area contributed by atoms with Gasteiger partial charge in [0.2, 0.25) is 12.7 Å². The monoisotopic (exact) mass is 362 g/mol. The van der Waals surface area contributed by atoms with Crippen molar-refractivity contribution >= 4 is 17.3 Å². The third-order valence-electron chi connectivity index (χ3n) is 3.95. The average molecular weight is 362 g/mol. The second-order valence-corrected chi connectivity index (χ2v) is 5.88. The minimum absolute atomic E-state index is 0.101. The lowest BCUT2D eigenvalue weighted by molar-refractivity contribution is -0.114. The molecule has 0 spiro atoms. The van der Waals surface area contributed by atoms with Crippen LogP contribution < -0.4 is 24.8 Å². The Morgan fingerprint density at radius 3 is 2.59 bits per heavy atom. The molecule has 1 amide bonds. The van der Waals surface area contributed by atoms with E-state index in [4.69, 9.17) is 14.2 Å². The second-order valence-electron chi connectivity index (χ2n) is 5.88. The third-order valence-corrected chi connectivity index (χ3v) is 3.95. The molecule has 0 saturated heterocycles. The molecule has 0 radical (unpaired) electrons. The Balaban J connectivity index is 1.38. The van der Waals surface area contributed by atoms with Gasteiger partial charge in [0, 0.05) is 11.8 Å². The van der Waals surface area contributed by atoms with Crippen LogP contribution >= 0.6 is 0 Å². The van der Waals surface area contributed by atoms with Crippen LogP contribution in [-0.4, -0.2) is 19.2 Å². The van der Waals surface area contributed by atoms with Crippen LogP contribution in [0.3, 0.4) is 0 Å². The summed E-state index contributed by atoms with van der Waals surface area (Å²) in [5, 5.41) is 5.95. The zero-order chi connectivity index (χ0) is 18.5. The van der Waals surface area contributed by atoms with Crippen molar-refractivity contribution in [2.45, 2.75) is 0 Å². The maximum atomic E-state index is 12.3. The zero-order valence-corrected chi connectivity index (χ0v) is 14.5. The Labute approximate surface area is 156 Å². The molecule has 4 rings (SSSR count). The van der Waals surface area contributed by atoms with Gasteiger partial charge in [0.25, 0.3) is 0 Å². The number of rotatable bonds is 6. The highest BCUT2D eigenvalue weighted by Gasteiger charge is 2.14. The molecule has 27 heavy (non-hydrogen) atoms. The van der Waals surface area contributed by atoms with Crippen LogP contribution in [0.5, 0.6) is 23.0 Å². The number of hydrogen-bond acceptors (Lipinski definition) is 5. The van der Waals surface area contributed by atoms with Crippen molar-refractivity contribution < 1.29 is 19.0 Å². The van der Waals surface area contributed by atoms with Gasteiger partial charge in [-0.25, -0.2) is 0 Å². The lowest BCUT2D eigenvalue weighted by Crippen LogP contribution is -2.21. The molecular formula is C21H18N2O4. The number of hydrogen-bond donors (Lipinski definition) is 2. The first-order chi connectivity index (χ1) is 13.3. The first-order valence-corrected chi connectivity index (χ1v) is 8.53. The normalized spacial score (nSPS) is 11.7. The van der Waals surface area contributed by atoms with Crippen LogP contribution in [-0.2, 0) is 4.79 Å². The van der Waals surface area contributed by atoms with Gasteiger partial charge >= 0.3 is 0 Å². The molecule has 0 aliphatic carbocycles. The summed E-state index contributed by atoms with van der Waals surface area (Å²) in [6.07, 6.45) is 0. The van der Waals surface area contributed by atoms with Gasteiger partial charge in [-0.2, -0.15) is 0 Å². The number of ether oxygens (including phenoxy) is 3. The molecule has 1 aliphatic heterocycles. The predicted octanol–water partition coefficient (Wildman–Crippen LogP) is 4.26. The summed E-state index contributed by atoms with van der Waals surface area (Å²) in [5.41, 5.74) is 1.39. The number of nitrogens with one attached hydrogen (secondary N) is 2. The number of amides is 1. The molecule has 1 aliphatic rings. The van der Waals surface area contributed by atoms with Crippen LogP contribution in [0.2, 0.25) is 0 Å². The molecule has 0 saturated carbocycles. The van der Waals surface area contributed by atoms with Crippen molar-refractivity contribution in [3.63, 3.8) is 0 Å². The summed E-state index contributed by atoms with van der Waals surface area (Å²) in [4.78, 5) is 12.3. The smallest absolute Gasteiger partial charge is 0.243 e. The summed E-state index contributed by atoms with van der Waals surface area (Å²) in [6, 6.07) is 22.3. The van der Waals surface area contributed by atoms with Crippen molar-refractivity contribution in [2.24, 2.45) is 0 Å². The maximum Gasteiger partial charge on any atom is 0.243 e. The standard InChI is InChI=1S/C21H18N2O4/c24-21(23-15-10-11-19-20(12-15)26-14-25-19)13-22-17-8-4-5-9-18(17)27-16-6-2-1-3-7-16/h1-12,22H,13-14H2,(H,23,24). The van der Waals surface area contributed by atoms with Crippen LogP contribution in [0.15, 0.2) is 72.8 Å². The van der Waals surface area contributed by atoms with E-state index in [9.17, 15) is 4.79 Å². The fourth-order valence-electron chi connectivity index (χ4n) is 2.67. The van der Waals surface area contributed by atoms with Crippen molar-refractivity contribution in [2.75, 3.05) is 24.0 Å². The van der Waals surface area contributed by atoms with E-state index in [0.29, 0.717) is 22.9 Å². The lowest BCUT2D eigenvalue weighted by Gasteiger charge is -2.13. The zero-order valence-electron chi connectivity index (χ0n) is 14.5. The van der Waals surface area contributed by atoms with Crippen LogP contribution in [0, 0.1) is 0 Å². The highest BCUT2D eigenvalue weighted by molar-refractivity contribution is 5.94. The highest BCUT2D eigenvalue weighted by Crippen LogP contribution is 2.34. The number of carbonyl (C=O) groups is 1. The van der Waals surface area contributed by atoms with E-state index in [1.54, 1.807) is 18.2 Å². The van der Waals surface area contributed by atoms with Gasteiger partial charge in [-0.1, -0.05) is 30.3 Å². The summed E-state index contributed by atoms with van der Waals surface area (Å²) < 4.78 is 16.5. The van der Waals surface area contributed by atoms with Gasteiger partial charge in [-0.05, 0) is 36.4 Å². The number of carbonyl (C=O) groups excluding carboxylic acids is 1. The van der Waals surface area contributed by atoms with Crippen molar-refractivity contribution in [1.82, 2.24) is 0 Å². The summed E-state index contributed by atoms with van der Waals surface area (Å²) >= 11 is 0. The van der Waals surface area contributed by atoms with Gasteiger partial charge < -0.3 is 24.8 Å². The number of para-hydroxylation sites is 3. The molecule has 0 atom stereocenters. The molecule has 1 heterocycles. The molecule has 6 nitrogen and oxygen atoms in total. The number of benzene rings is 3. The maximum absolute atomic E-state index is 12.3. The van der Waals surface area contributed by atoms with Crippen LogP contribution in [0.1, 0.15) is 0 Å². The van der Waals surface area contributed by atoms with E-state index in [1.807, 2.05) is 54.6 Å². The molecule has 136 valence electrons. The Hall–Kier alpha value is -3.67. The third kappa shape index (κ3) is 4.12. The highest BCUT2D eigenvalue weighted by atomic mass is 16.7. The van der Waals surface area contributed by atoms with E-state index in [2.05, 4.69) is 10.6 Å². The number of anilines is 2. The van der Waals surface area contributed by atoms with Gasteiger partial charge in [-0.3, -0.25) is 4.79 Å². The quantitative estimate of drug-likeness (QED) is 0.686. The van der Waals surface area contributed by atoms with E-state index < -0.39 is 0 Å². The van der Waals surface area contributed by atoms with E-state index in [1.165, 1.54) is 0 Å². The fraction of sp³-hybridized carbons (Fsp3) is 0.0952. The van der Waals surface area contributed by atoms with Crippen molar-refractivity contribution in [3.8, 4) is 23.0 Å². The Bertz CT molecular complexity index is 944. The van der Waals surface area contributed by atoms with E-state index in [-0.39, 0.29) is 19.2 Å². The molecule has 0 aromatic heterocycles.